The van der Waals surface area contributed by atoms with Gasteiger partial charge < -0.3 is 9.47 Å². The van der Waals surface area contributed by atoms with Crippen molar-refractivity contribution >= 4 is 28.6 Å². The van der Waals surface area contributed by atoms with Crippen LogP contribution in [-0.4, -0.2) is 24.7 Å². The van der Waals surface area contributed by atoms with Crippen LogP contribution in [-0.2, 0) is 16.0 Å². The maximum Gasteiger partial charge on any atom is 0.311 e. The minimum absolute atomic E-state index is 0.0157. The number of rotatable bonds is 5. The second-order valence-corrected chi connectivity index (χ2v) is 4.45. The molecule has 0 bridgehead atoms. The minimum Gasteiger partial charge on any atom is -0.495 e. The highest BCUT2D eigenvalue weighted by Gasteiger charge is 2.20. The Labute approximate surface area is 117 Å². The van der Waals surface area contributed by atoms with Crippen LogP contribution in [0.25, 0.3) is 0 Å². The fourth-order valence-corrected chi connectivity index (χ4v) is 1.91. The number of pyridine rings is 1. The van der Waals surface area contributed by atoms with Gasteiger partial charge in [-0.05, 0) is 35.6 Å². The molecule has 0 aliphatic carbocycles. The summed E-state index contributed by atoms with van der Waals surface area (Å²) in [5.41, 5.74) is -0.192. The van der Waals surface area contributed by atoms with E-state index in [1.807, 2.05) is 22.6 Å². The van der Waals surface area contributed by atoms with Crippen LogP contribution in [0.3, 0.4) is 0 Å². The molecule has 0 unspecified atom stereocenters. The van der Waals surface area contributed by atoms with E-state index in [1.54, 1.807) is 6.92 Å². The van der Waals surface area contributed by atoms with Gasteiger partial charge >= 0.3 is 5.97 Å². The molecule has 0 aliphatic rings. The fraction of sp³-hybridized carbons (Fsp3) is 0.455. The van der Waals surface area contributed by atoms with E-state index in [1.165, 1.54) is 13.2 Å². The molecule has 1 aromatic heterocycles. The summed E-state index contributed by atoms with van der Waals surface area (Å²) >= 11 is 1.92. The van der Waals surface area contributed by atoms with Crippen LogP contribution in [0.15, 0.2) is 6.07 Å². The Hall–Kier alpha value is -0.990. The number of alkyl halides is 2. The third-order valence-corrected chi connectivity index (χ3v) is 3.02. The van der Waals surface area contributed by atoms with Crippen molar-refractivity contribution < 1.29 is 23.0 Å². The molecular weight excluding hydrogens is 359 g/mol. The van der Waals surface area contributed by atoms with Crippen LogP contribution in [0.4, 0.5) is 8.78 Å². The van der Waals surface area contributed by atoms with Gasteiger partial charge in [0, 0.05) is 3.57 Å². The number of halogens is 3. The molecule has 0 saturated carbocycles. The molecule has 0 aromatic carbocycles. The third kappa shape index (κ3) is 3.76. The molecule has 1 aromatic rings. The van der Waals surface area contributed by atoms with Crippen LogP contribution in [0.1, 0.15) is 24.7 Å². The van der Waals surface area contributed by atoms with Crippen LogP contribution in [0.5, 0.6) is 5.75 Å². The topological polar surface area (TPSA) is 48.4 Å². The van der Waals surface area contributed by atoms with Crippen molar-refractivity contribution in [2.24, 2.45) is 0 Å². The average Bonchev–Trinajstić information content (AvgIpc) is 2.31. The normalized spacial score (nSPS) is 10.6. The largest absolute Gasteiger partial charge is 0.495 e. The molecule has 0 N–H and O–H groups in total. The second kappa shape index (κ2) is 6.81. The lowest BCUT2D eigenvalue weighted by Gasteiger charge is -2.11. The zero-order valence-electron chi connectivity index (χ0n) is 9.87. The molecule has 0 atom stereocenters. The van der Waals surface area contributed by atoms with Gasteiger partial charge in [0.05, 0.1) is 25.8 Å². The summed E-state index contributed by atoms with van der Waals surface area (Å²) in [7, 11) is 1.30. The first kappa shape index (κ1) is 15.1. The molecule has 0 radical (unpaired) electrons. The van der Waals surface area contributed by atoms with Crippen LogP contribution >= 0.6 is 22.6 Å². The molecule has 100 valence electrons. The number of nitrogens with zero attached hydrogens (tertiary/aromatic N) is 1. The highest BCUT2D eigenvalue weighted by atomic mass is 127. The number of esters is 1. The Morgan fingerprint density at radius 3 is 2.72 bits per heavy atom. The second-order valence-electron chi connectivity index (χ2n) is 3.29. The number of hydrogen-bond acceptors (Lipinski definition) is 4. The van der Waals surface area contributed by atoms with Gasteiger partial charge in [0.15, 0.2) is 0 Å². The molecule has 0 fully saturated rings. The van der Waals surface area contributed by atoms with Gasteiger partial charge in [-0.1, -0.05) is 0 Å². The van der Waals surface area contributed by atoms with Gasteiger partial charge in [-0.15, -0.1) is 0 Å². The summed E-state index contributed by atoms with van der Waals surface area (Å²) in [5.74, 6) is -0.477. The summed E-state index contributed by atoms with van der Waals surface area (Å²) in [4.78, 5) is 15.1. The van der Waals surface area contributed by atoms with Crippen molar-refractivity contribution in [1.29, 1.82) is 0 Å². The number of carbonyl (C=O) groups is 1. The number of carbonyl (C=O) groups excluding carboxylic acids is 1. The summed E-state index contributed by atoms with van der Waals surface area (Å²) in [6.45, 7) is 1.92. The summed E-state index contributed by atoms with van der Waals surface area (Å²) in [6, 6.07) is 1.43. The van der Waals surface area contributed by atoms with Crippen molar-refractivity contribution in [1.82, 2.24) is 4.98 Å². The van der Waals surface area contributed by atoms with Crippen molar-refractivity contribution in [3.8, 4) is 5.75 Å². The summed E-state index contributed by atoms with van der Waals surface area (Å²) < 4.78 is 35.7. The van der Waals surface area contributed by atoms with E-state index in [0.717, 1.165) is 0 Å². The first-order chi connectivity index (χ1) is 8.49. The number of aromatic nitrogens is 1. The van der Waals surface area contributed by atoms with Crippen molar-refractivity contribution in [2.45, 2.75) is 19.8 Å². The Morgan fingerprint density at radius 2 is 2.22 bits per heavy atom. The van der Waals surface area contributed by atoms with Gasteiger partial charge in [-0.2, -0.15) is 0 Å². The Balaban J connectivity index is 3.05. The lowest BCUT2D eigenvalue weighted by Crippen LogP contribution is -2.11. The molecule has 0 spiro atoms. The van der Waals surface area contributed by atoms with Gasteiger partial charge in [-0.3, -0.25) is 4.79 Å². The lowest BCUT2D eigenvalue weighted by atomic mass is 10.2. The third-order valence-electron chi connectivity index (χ3n) is 2.09. The molecule has 0 aliphatic heterocycles. The highest BCUT2D eigenvalue weighted by Crippen LogP contribution is 2.29. The first-order valence-corrected chi connectivity index (χ1v) is 6.24. The van der Waals surface area contributed by atoms with Gasteiger partial charge in [-0.25, -0.2) is 13.8 Å². The Morgan fingerprint density at radius 1 is 1.56 bits per heavy atom. The van der Waals surface area contributed by atoms with Gasteiger partial charge in [0.1, 0.15) is 11.4 Å². The molecule has 0 saturated heterocycles. The van der Waals surface area contributed by atoms with E-state index >= 15 is 0 Å². The van der Waals surface area contributed by atoms with Crippen LogP contribution in [0.2, 0.25) is 0 Å². The van der Waals surface area contributed by atoms with Gasteiger partial charge in [0.2, 0.25) is 0 Å². The average molecular weight is 371 g/mol. The molecule has 4 nitrogen and oxygen atoms in total. The molecule has 7 heteroatoms. The quantitative estimate of drug-likeness (QED) is 0.590. The zero-order valence-corrected chi connectivity index (χ0v) is 12.0. The molecule has 1 rings (SSSR count). The standard InChI is InChI=1S/C11H12F2INO3/c1-3-18-9(16)5-7-6(14)4-8(17-2)10(15-7)11(12)13/h4,11H,3,5H2,1-2H3. The van der Waals surface area contributed by atoms with E-state index in [0.29, 0.717) is 3.57 Å². The van der Waals surface area contributed by atoms with Crippen molar-refractivity contribution in [3.63, 3.8) is 0 Å². The predicted octanol–water partition coefficient (Wildman–Crippen LogP) is 2.74. The smallest absolute Gasteiger partial charge is 0.311 e. The highest BCUT2D eigenvalue weighted by molar-refractivity contribution is 14.1. The Kier molecular flexibility index (Phi) is 5.70. The zero-order chi connectivity index (χ0) is 13.7. The lowest BCUT2D eigenvalue weighted by molar-refractivity contribution is -0.142. The maximum atomic E-state index is 12.8. The number of ether oxygens (including phenoxy) is 2. The summed E-state index contributed by atoms with van der Waals surface area (Å²) in [5, 5.41) is 0. The summed E-state index contributed by atoms with van der Waals surface area (Å²) in [6.07, 6.45) is -2.88. The molecule has 1 heterocycles. The SMILES string of the molecule is CCOC(=O)Cc1nc(C(F)F)c(OC)cc1I. The maximum absolute atomic E-state index is 12.8. The van der Waals surface area contributed by atoms with E-state index in [2.05, 4.69) is 4.98 Å². The number of hydrogen-bond donors (Lipinski definition) is 0. The number of methoxy groups -OCH3 is 1. The monoisotopic (exact) mass is 371 g/mol. The van der Waals surface area contributed by atoms with Gasteiger partial charge in [0.25, 0.3) is 6.43 Å². The van der Waals surface area contributed by atoms with Crippen molar-refractivity contribution in [3.05, 3.63) is 21.0 Å². The van der Waals surface area contributed by atoms with E-state index in [9.17, 15) is 13.6 Å². The molecular formula is C11H12F2INO3. The predicted molar refractivity (Wildman–Crippen MR) is 68.8 cm³/mol. The van der Waals surface area contributed by atoms with E-state index in [-0.39, 0.29) is 24.5 Å². The van der Waals surface area contributed by atoms with E-state index < -0.39 is 18.1 Å². The van der Waals surface area contributed by atoms with Crippen LogP contribution < -0.4 is 4.74 Å². The van der Waals surface area contributed by atoms with Crippen molar-refractivity contribution in [2.75, 3.05) is 13.7 Å². The minimum atomic E-state index is -2.75. The molecule has 18 heavy (non-hydrogen) atoms. The fourth-order valence-electron chi connectivity index (χ4n) is 1.32. The van der Waals surface area contributed by atoms with Crippen LogP contribution in [0, 0.1) is 3.57 Å². The molecule has 0 amide bonds. The van der Waals surface area contributed by atoms with E-state index in [4.69, 9.17) is 9.47 Å². The Bertz CT molecular complexity index is 441. The first-order valence-electron chi connectivity index (χ1n) is 5.16.